The van der Waals surface area contributed by atoms with E-state index in [0.29, 0.717) is 17.3 Å². The van der Waals surface area contributed by atoms with E-state index in [0.717, 1.165) is 43.3 Å². The van der Waals surface area contributed by atoms with Crippen LogP contribution >= 0.6 is 15.9 Å². The van der Waals surface area contributed by atoms with Gasteiger partial charge in [0.25, 0.3) is 0 Å². The average molecular weight is 294 g/mol. The average Bonchev–Trinajstić information content (AvgIpc) is 2.99. The van der Waals surface area contributed by atoms with Gasteiger partial charge in [0.05, 0.1) is 23.6 Å². The Kier molecular flexibility index (Phi) is 1.05. The van der Waals surface area contributed by atoms with Gasteiger partial charge in [-0.3, -0.25) is 0 Å². The molecule has 4 heteroatoms. The number of halogens is 1. The zero-order valence-corrected chi connectivity index (χ0v) is 10.8. The molecular formula is C13H12BrNO2. The lowest BCUT2D eigenvalue weighted by Crippen LogP contribution is -2.50. The molecular weight excluding hydrogens is 282 g/mol. The molecule has 17 heavy (non-hydrogen) atoms. The van der Waals surface area contributed by atoms with Crippen molar-refractivity contribution in [1.82, 2.24) is 0 Å². The monoisotopic (exact) mass is 293 g/mol. The van der Waals surface area contributed by atoms with Crippen molar-refractivity contribution in [3.05, 3.63) is 0 Å². The quantitative estimate of drug-likeness (QED) is 0.689. The summed E-state index contributed by atoms with van der Waals surface area (Å²) in [7, 11) is 0. The molecule has 7 aliphatic rings. The third-order valence-electron chi connectivity index (χ3n) is 6.96. The van der Waals surface area contributed by atoms with E-state index in [1.54, 1.807) is 0 Å². The first-order valence-corrected chi connectivity index (χ1v) is 7.38. The van der Waals surface area contributed by atoms with E-state index in [1.165, 1.54) is 0 Å². The second-order valence-electron chi connectivity index (χ2n) is 6.74. The molecule has 1 aliphatic heterocycles. The molecule has 0 N–H and O–H groups in total. The van der Waals surface area contributed by atoms with Gasteiger partial charge in [-0.2, -0.15) is 5.26 Å². The summed E-state index contributed by atoms with van der Waals surface area (Å²) in [6.45, 7) is 1.50. The summed E-state index contributed by atoms with van der Waals surface area (Å²) >= 11 is 4.05. The van der Waals surface area contributed by atoms with Crippen molar-refractivity contribution in [2.45, 2.75) is 16.5 Å². The van der Waals surface area contributed by atoms with Crippen molar-refractivity contribution in [2.24, 2.45) is 40.9 Å². The molecule has 1 spiro atoms. The number of alkyl halides is 1. The smallest absolute Gasteiger partial charge is 0.187 e. The van der Waals surface area contributed by atoms with E-state index in [2.05, 4.69) is 22.0 Å². The van der Waals surface area contributed by atoms with Crippen molar-refractivity contribution in [1.29, 1.82) is 5.26 Å². The van der Waals surface area contributed by atoms with Crippen LogP contribution in [0.15, 0.2) is 0 Å². The van der Waals surface area contributed by atoms with E-state index >= 15 is 0 Å². The van der Waals surface area contributed by atoms with Crippen LogP contribution in [-0.2, 0) is 9.47 Å². The number of hydrogen-bond acceptors (Lipinski definition) is 3. The highest BCUT2D eigenvalue weighted by Gasteiger charge is 3.08. The largest absolute Gasteiger partial charge is 0.346 e. The Labute approximate surface area is 108 Å². The summed E-state index contributed by atoms with van der Waals surface area (Å²) in [5.41, 5.74) is 0.374. The first-order chi connectivity index (χ1) is 8.25. The molecule has 1 saturated heterocycles. The number of nitriles is 1. The van der Waals surface area contributed by atoms with Crippen molar-refractivity contribution in [3.63, 3.8) is 0 Å². The zero-order valence-electron chi connectivity index (χ0n) is 9.23. The zero-order chi connectivity index (χ0) is 11.2. The van der Waals surface area contributed by atoms with Crippen LogP contribution in [0.2, 0.25) is 0 Å². The Morgan fingerprint density at radius 3 is 2.47 bits per heavy atom. The molecule has 6 aliphatic carbocycles. The summed E-state index contributed by atoms with van der Waals surface area (Å²) < 4.78 is 12.2. The fourth-order valence-corrected chi connectivity index (χ4v) is 8.89. The van der Waals surface area contributed by atoms with Crippen molar-refractivity contribution < 1.29 is 9.47 Å². The maximum Gasteiger partial charge on any atom is 0.187 e. The van der Waals surface area contributed by atoms with Gasteiger partial charge in [-0.05, 0) is 35.0 Å². The third kappa shape index (κ3) is 0.505. The highest BCUT2D eigenvalue weighted by atomic mass is 79.9. The van der Waals surface area contributed by atoms with E-state index in [4.69, 9.17) is 14.7 Å². The lowest BCUT2D eigenvalue weighted by atomic mass is 9.92. The predicted molar refractivity (Wildman–Crippen MR) is 59.9 cm³/mol. The first-order valence-electron chi connectivity index (χ1n) is 6.59. The number of ether oxygens (including phenoxy) is 2. The van der Waals surface area contributed by atoms with Gasteiger partial charge in [-0.15, -0.1) is 0 Å². The van der Waals surface area contributed by atoms with Crippen LogP contribution in [0.25, 0.3) is 0 Å². The van der Waals surface area contributed by atoms with Gasteiger partial charge < -0.3 is 9.47 Å². The van der Waals surface area contributed by atoms with Gasteiger partial charge in [-0.25, -0.2) is 0 Å². The number of rotatable bonds is 1. The van der Waals surface area contributed by atoms with E-state index in [1.807, 2.05) is 0 Å². The predicted octanol–water partition coefficient (Wildman–Crippen LogP) is 1.53. The normalized spacial score (nSPS) is 73.2. The number of nitrogens with zero attached hydrogens (tertiary/aromatic N) is 1. The fourth-order valence-electron chi connectivity index (χ4n) is 7.09. The number of hydrogen-bond donors (Lipinski definition) is 0. The molecule has 0 aromatic carbocycles. The summed E-state index contributed by atoms with van der Waals surface area (Å²) in [5, 5.41) is 9.11. The molecule has 0 radical (unpaired) electrons. The fraction of sp³-hybridized carbons (Fsp3) is 0.923. The Hall–Kier alpha value is -0.110. The van der Waals surface area contributed by atoms with Crippen molar-refractivity contribution in [2.75, 3.05) is 13.2 Å². The topological polar surface area (TPSA) is 42.2 Å². The standard InChI is InChI=1S/C13H12BrNO2/c14-12-7-5-6(7)11(1-2-15)9(10(11)12)8(5)13(12)16-3-4-17-13/h5-10H,1,3-4H2/t5-,6-,7+,8+,9+,10+,11-,12+/m0/s1. The minimum absolute atomic E-state index is 0.0675. The molecule has 88 valence electrons. The van der Waals surface area contributed by atoms with Crippen molar-refractivity contribution in [3.8, 4) is 6.07 Å². The summed E-state index contributed by atoms with van der Waals surface area (Å²) in [6, 6.07) is 2.44. The molecule has 2 bridgehead atoms. The van der Waals surface area contributed by atoms with E-state index in [-0.39, 0.29) is 10.1 Å². The minimum atomic E-state index is -0.302. The first kappa shape index (κ1) is 8.90. The molecule has 7 fully saturated rings. The summed E-state index contributed by atoms with van der Waals surface area (Å²) in [4.78, 5) is 0. The van der Waals surface area contributed by atoms with Gasteiger partial charge >= 0.3 is 0 Å². The summed E-state index contributed by atoms with van der Waals surface area (Å²) in [6.07, 6.45) is 0.764. The Bertz CT molecular complexity index is 524. The molecule has 0 unspecified atom stereocenters. The van der Waals surface area contributed by atoms with Gasteiger partial charge in [-0.1, -0.05) is 15.9 Å². The molecule has 0 aromatic heterocycles. The molecule has 1 heterocycles. The molecule has 3 nitrogen and oxygen atoms in total. The van der Waals surface area contributed by atoms with Crippen LogP contribution in [0, 0.1) is 52.3 Å². The second kappa shape index (κ2) is 2.01. The minimum Gasteiger partial charge on any atom is -0.346 e. The Morgan fingerprint density at radius 2 is 1.94 bits per heavy atom. The van der Waals surface area contributed by atoms with E-state index in [9.17, 15) is 0 Å². The van der Waals surface area contributed by atoms with Crippen LogP contribution in [0.1, 0.15) is 6.42 Å². The van der Waals surface area contributed by atoms with Crippen LogP contribution in [0.4, 0.5) is 0 Å². The van der Waals surface area contributed by atoms with Gasteiger partial charge in [0.2, 0.25) is 0 Å². The molecule has 8 atom stereocenters. The maximum absolute atomic E-state index is 9.11. The Morgan fingerprint density at radius 1 is 1.18 bits per heavy atom. The van der Waals surface area contributed by atoms with Crippen LogP contribution in [-0.4, -0.2) is 23.3 Å². The molecule has 0 aromatic rings. The lowest BCUT2D eigenvalue weighted by molar-refractivity contribution is -0.192. The van der Waals surface area contributed by atoms with Crippen LogP contribution in [0.5, 0.6) is 0 Å². The highest BCUT2D eigenvalue weighted by molar-refractivity contribution is 9.10. The van der Waals surface area contributed by atoms with Crippen LogP contribution in [0.3, 0.4) is 0 Å². The molecule has 6 saturated carbocycles. The highest BCUT2D eigenvalue weighted by Crippen LogP contribution is 3.05. The Balaban J connectivity index is 1.59. The SMILES string of the molecule is N#CC[C@@]12[C@@H]3[C@H]4[C@H]5[C@H]1[C@@H]5[C@@](Br)([C@H]32)C41OCCO1. The maximum atomic E-state index is 9.11. The second-order valence-corrected chi connectivity index (χ2v) is 8.05. The third-order valence-corrected chi connectivity index (χ3v) is 8.53. The van der Waals surface area contributed by atoms with Gasteiger partial charge in [0.1, 0.15) is 0 Å². The van der Waals surface area contributed by atoms with Gasteiger partial charge in [0.15, 0.2) is 5.79 Å². The summed E-state index contributed by atoms with van der Waals surface area (Å²) in [5.74, 6) is 4.05. The lowest BCUT2D eigenvalue weighted by Gasteiger charge is -2.37. The van der Waals surface area contributed by atoms with Gasteiger partial charge in [0, 0.05) is 12.3 Å². The van der Waals surface area contributed by atoms with Crippen LogP contribution < -0.4 is 0 Å². The van der Waals surface area contributed by atoms with E-state index < -0.39 is 0 Å². The molecule has 7 rings (SSSR count). The van der Waals surface area contributed by atoms with Crippen molar-refractivity contribution >= 4 is 15.9 Å². The molecule has 0 amide bonds.